The number of nitrogens with zero attached hydrogens (tertiary/aromatic N) is 4. The molecule has 2 aromatic heterocycles. The van der Waals surface area contributed by atoms with Gasteiger partial charge in [0, 0.05) is 47.9 Å². The summed E-state index contributed by atoms with van der Waals surface area (Å²) < 4.78 is 35.6. The first-order valence-corrected chi connectivity index (χ1v) is 20.5. The fraction of sp³-hybridized carbons (Fsp3) is 0.375. The van der Waals surface area contributed by atoms with Gasteiger partial charge in [-0.25, -0.2) is 18.3 Å². The molecule has 0 aliphatic heterocycles. The molecule has 0 saturated heterocycles. The van der Waals surface area contributed by atoms with Crippen molar-refractivity contribution in [3.63, 3.8) is 0 Å². The van der Waals surface area contributed by atoms with Crippen molar-refractivity contribution >= 4 is 0 Å². The molecule has 0 spiro atoms. The molecule has 0 N–H and O–H groups in total. The van der Waals surface area contributed by atoms with Crippen LogP contribution in [-0.2, 0) is 39.8 Å². The van der Waals surface area contributed by atoms with E-state index >= 15 is 0 Å². The average molecular weight is 755 g/mol. The van der Waals surface area contributed by atoms with Crippen molar-refractivity contribution in [3.8, 4) is 34.4 Å². The summed E-state index contributed by atoms with van der Waals surface area (Å²) in [6.07, 6.45) is 18.9. The van der Waals surface area contributed by atoms with Gasteiger partial charge in [0.05, 0.1) is 40.5 Å². The minimum atomic E-state index is 0.632. The maximum atomic E-state index is 6.77. The van der Waals surface area contributed by atoms with Crippen LogP contribution in [-0.4, -0.2) is 35.6 Å². The third-order valence-corrected chi connectivity index (χ3v) is 10.3. The zero-order valence-corrected chi connectivity index (χ0v) is 34.1. The van der Waals surface area contributed by atoms with Crippen LogP contribution < -0.4 is 28.1 Å². The molecule has 0 fully saturated rings. The fourth-order valence-electron chi connectivity index (χ4n) is 7.71. The largest absolute Gasteiger partial charge is 0.493 e. The van der Waals surface area contributed by atoms with Crippen molar-refractivity contribution in [2.24, 2.45) is 14.1 Å². The van der Waals surface area contributed by atoms with Gasteiger partial charge in [-0.15, -0.1) is 0 Å². The Hall–Kier alpha value is -5.50. The molecule has 56 heavy (non-hydrogen) atoms. The van der Waals surface area contributed by atoms with Crippen LogP contribution in [0.2, 0.25) is 0 Å². The molecular weight excluding hydrogens is 697 g/mol. The number of para-hydroxylation sites is 2. The minimum absolute atomic E-state index is 0.632. The van der Waals surface area contributed by atoms with Gasteiger partial charge < -0.3 is 18.9 Å². The normalized spacial score (nSPS) is 12.4. The number of fused-ring (bicyclic) bond motifs is 8. The van der Waals surface area contributed by atoms with Gasteiger partial charge >= 0.3 is 0 Å². The molecule has 2 heterocycles. The Bertz CT molecular complexity index is 2020. The minimum Gasteiger partial charge on any atom is -0.493 e. The van der Waals surface area contributed by atoms with E-state index in [1.165, 1.54) is 0 Å². The third kappa shape index (κ3) is 8.65. The van der Waals surface area contributed by atoms with Gasteiger partial charge in [0.15, 0.2) is 0 Å². The van der Waals surface area contributed by atoms with E-state index in [1.807, 2.05) is 0 Å². The maximum absolute atomic E-state index is 6.77. The van der Waals surface area contributed by atoms with Crippen molar-refractivity contribution in [1.82, 2.24) is 9.13 Å². The Morgan fingerprint density at radius 2 is 0.732 bits per heavy atom. The molecule has 0 radical (unpaired) electrons. The van der Waals surface area contributed by atoms with Gasteiger partial charge in [-0.3, -0.25) is 0 Å². The Morgan fingerprint density at radius 1 is 0.446 bits per heavy atom. The van der Waals surface area contributed by atoms with E-state index in [9.17, 15) is 0 Å². The van der Waals surface area contributed by atoms with E-state index in [1.54, 1.807) is 0 Å². The van der Waals surface area contributed by atoms with Crippen LogP contribution in [0.4, 0.5) is 0 Å². The molecule has 4 aromatic carbocycles. The topological polar surface area (TPSA) is 54.5 Å². The first-order chi connectivity index (χ1) is 27.4. The second kappa shape index (κ2) is 18.0. The first kappa shape index (κ1) is 38.8. The summed E-state index contributed by atoms with van der Waals surface area (Å²) in [5, 5.41) is 0. The van der Waals surface area contributed by atoms with E-state index in [4.69, 9.17) is 18.9 Å². The lowest BCUT2D eigenvalue weighted by Crippen LogP contribution is -2.23. The van der Waals surface area contributed by atoms with E-state index in [-0.39, 0.29) is 0 Å². The second-order valence-electron chi connectivity index (χ2n) is 15.1. The summed E-state index contributed by atoms with van der Waals surface area (Å²) in [5.41, 5.74) is 11.3. The lowest BCUT2D eigenvalue weighted by Gasteiger charge is -2.23. The number of benzene rings is 4. The number of ether oxygens (including phenoxy) is 4. The van der Waals surface area contributed by atoms with Gasteiger partial charge in [-0.05, 0) is 72.2 Å². The van der Waals surface area contributed by atoms with Crippen molar-refractivity contribution in [1.29, 1.82) is 0 Å². The van der Waals surface area contributed by atoms with Gasteiger partial charge in [0.1, 0.15) is 59.2 Å². The monoisotopic (exact) mass is 754 g/mol. The summed E-state index contributed by atoms with van der Waals surface area (Å²) in [4.78, 5) is 0. The lowest BCUT2D eigenvalue weighted by atomic mass is 9.90. The predicted octanol–water partition coefficient (Wildman–Crippen LogP) is 8.75. The molecule has 292 valence electrons. The molecule has 1 aliphatic rings. The molecule has 0 atom stereocenters. The predicted molar refractivity (Wildman–Crippen MR) is 221 cm³/mol. The van der Waals surface area contributed by atoms with Crippen LogP contribution in [0.15, 0.2) is 98.1 Å². The number of hydrogen-bond acceptors (Lipinski definition) is 4. The van der Waals surface area contributed by atoms with Crippen molar-refractivity contribution in [3.05, 3.63) is 143 Å². The molecule has 8 nitrogen and oxygen atoms in total. The highest BCUT2D eigenvalue weighted by Gasteiger charge is 2.25. The van der Waals surface area contributed by atoms with Crippen molar-refractivity contribution in [2.75, 3.05) is 26.4 Å². The fourth-order valence-corrected chi connectivity index (χ4v) is 7.71. The zero-order valence-electron chi connectivity index (χ0n) is 34.1. The number of aryl methyl sites for hydroxylation is 2. The number of imidazole rings is 2. The Kier molecular flexibility index (Phi) is 12.4. The van der Waals surface area contributed by atoms with Gasteiger partial charge in [0.25, 0.3) is 0 Å². The van der Waals surface area contributed by atoms with Crippen LogP contribution in [0.25, 0.3) is 11.4 Å². The van der Waals surface area contributed by atoms with Crippen LogP contribution >= 0.6 is 0 Å². The highest BCUT2D eigenvalue weighted by Crippen LogP contribution is 2.40. The molecule has 8 heteroatoms. The first-order valence-electron chi connectivity index (χ1n) is 20.5. The van der Waals surface area contributed by atoms with Crippen molar-refractivity contribution < 1.29 is 28.1 Å². The molecule has 8 bridgehead atoms. The standard InChI is InChI=1S/C48H58N4O4/c1-7-21-53-45-35-13-11-14-36(45)26-40-30-44(52-20-18-50(6)34-52)32-42(48(40)56-24-10-4)28-38-16-12-15-37(46(38)54-22-8-2)27-41-31-43(51-19-17-49(5)33-51)29-39(25-35)47(41)55-23-9-3/h11-20,29-34H,7-10,21-28H2,1-6H3/q+2. The average Bonchev–Trinajstić information content (AvgIpc) is 3.84. The summed E-state index contributed by atoms with van der Waals surface area (Å²) in [5.74, 6) is 3.79. The summed E-state index contributed by atoms with van der Waals surface area (Å²) in [7, 11) is 4.12. The Balaban J connectivity index is 1.52. The van der Waals surface area contributed by atoms with Gasteiger partial charge in [-0.2, -0.15) is 0 Å². The van der Waals surface area contributed by atoms with E-state index in [2.05, 4.69) is 158 Å². The summed E-state index contributed by atoms with van der Waals surface area (Å²) in [6.45, 7) is 11.2. The highest BCUT2D eigenvalue weighted by molar-refractivity contribution is 5.60. The van der Waals surface area contributed by atoms with Crippen LogP contribution in [0, 0.1) is 0 Å². The van der Waals surface area contributed by atoms with Crippen LogP contribution in [0.5, 0.6) is 23.0 Å². The summed E-state index contributed by atoms with van der Waals surface area (Å²) in [6, 6.07) is 22.4. The number of rotatable bonds is 14. The van der Waals surface area contributed by atoms with Crippen LogP contribution in [0.1, 0.15) is 97.9 Å². The summed E-state index contributed by atoms with van der Waals surface area (Å²) >= 11 is 0. The lowest BCUT2D eigenvalue weighted by molar-refractivity contribution is -0.670. The van der Waals surface area contributed by atoms with Crippen LogP contribution in [0.3, 0.4) is 0 Å². The number of aromatic nitrogens is 4. The molecule has 0 amide bonds. The van der Waals surface area contributed by atoms with E-state index in [0.29, 0.717) is 52.1 Å². The smallest absolute Gasteiger partial charge is 0.248 e. The number of hydrogen-bond donors (Lipinski definition) is 0. The second-order valence-corrected chi connectivity index (χ2v) is 15.1. The van der Waals surface area contributed by atoms with E-state index in [0.717, 1.165) is 105 Å². The maximum Gasteiger partial charge on any atom is 0.248 e. The molecule has 0 unspecified atom stereocenters. The third-order valence-electron chi connectivity index (χ3n) is 10.3. The quantitative estimate of drug-likeness (QED) is 0.104. The molecule has 1 aliphatic carbocycles. The molecule has 7 rings (SSSR count). The van der Waals surface area contributed by atoms with Gasteiger partial charge in [-0.1, -0.05) is 64.1 Å². The van der Waals surface area contributed by atoms with E-state index < -0.39 is 0 Å². The Labute approximate surface area is 332 Å². The Morgan fingerprint density at radius 3 is 0.982 bits per heavy atom. The molecule has 0 saturated carbocycles. The zero-order chi connectivity index (χ0) is 39.0. The molecular formula is C48H58N4O4+2. The molecule has 6 aromatic rings. The van der Waals surface area contributed by atoms with Crippen molar-refractivity contribution in [2.45, 2.75) is 79.1 Å². The highest BCUT2D eigenvalue weighted by atomic mass is 16.5. The van der Waals surface area contributed by atoms with Gasteiger partial charge in [0.2, 0.25) is 12.7 Å². The SMILES string of the molecule is CCCOc1c2cccc1Cc1cc(-n3cc[n+](C)c3)cc(c1OCCC)Cc1cccc(c1OCCC)Cc1cc(-n3cc[n+](C)c3)cc(c1OCCC)C2.